The molecule has 0 aromatic heterocycles. The summed E-state index contributed by atoms with van der Waals surface area (Å²) >= 11 is 0. The fraction of sp³-hybridized carbons (Fsp3) is 0.278. The van der Waals surface area contributed by atoms with E-state index in [0.29, 0.717) is 5.56 Å². The zero-order chi connectivity index (χ0) is 15.2. The van der Waals surface area contributed by atoms with Crippen molar-refractivity contribution in [3.63, 3.8) is 0 Å². The highest BCUT2D eigenvalue weighted by Gasteiger charge is 2.18. The Morgan fingerprint density at radius 2 is 1.61 bits per heavy atom. The molecule has 122 valence electrons. The van der Waals surface area contributed by atoms with Crippen LogP contribution in [0.25, 0.3) is 0 Å². The van der Waals surface area contributed by atoms with Crippen molar-refractivity contribution in [2.45, 2.75) is 18.9 Å². The summed E-state index contributed by atoms with van der Waals surface area (Å²) < 4.78 is 0. The first-order valence-corrected chi connectivity index (χ1v) is 7.75. The average Bonchev–Trinajstić information content (AvgIpc) is 2.57. The number of piperidine rings is 1. The monoisotopic (exact) mass is 331 g/mol. The second-order valence-corrected chi connectivity index (χ2v) is 5.53. The molecular formula is C18H22ClN3O. The third-order valence-electron chi connectivity index (χ3n) is 3.90. The number of para-hydroxylation sites is 2. The maximum absolute atomic E-state index is 12.6. The lowest BCUT2D eigenvalue weighted by Crippen LogP contribution is -2.42. The first kappa shape index (κ1) is 17.3. The maximum Gasteiger partial charge on any atom is 0.253 e. The number of hydrogen-bond donors (Lipinski definition) is 3. The standard InChI is InChI=1S/C18H21N3O.ClH/c22-18(21-15-10-12-19-13-11-15)16-8-4-5-9-17(16)20-14-6-2-1-3-7-14;/h1-9,15,19-20H,10-13H2,(H,21,22);1H. The Morgan fingerprint density at radius 3 is 2.35 bits per heavy atom. The van der Waals surface area contributed by atoms with E-state index in [1.54, 1.807) is 0 Å². The zero-order valence-electron chi connectivity index (χ0n) is 12.9. The number of hydrogen-bond acceptors (Lipinski definition) is 3. The minimum Gasteiger partial charge on any atom is -0.355 e. The Balaban J connectivity index is 0.00000192. The number of anilines is 2. The van der Waals surface area contributed by atoms with E-state index in [1.807, 2.05) is 54.6 Å². The molecule has 1 saturated heterocycles. The Hall–Kier alpha value is -2.04. The molecule has 4 nitrogen and oxygen atoms in total. The Labute approximate surface area is 143 Å². The zero-order valence-corrected chi connectivity index (χ0v) is 13.7. The summed E-state index contributed by atoms with van der Waals surface area (Å²) in [4.78, 5) is 12.6. The third-order valence-corrected chi connectivity index (χ3v) is 3.90. The molecule has 23 heavy (non-hydrogen) atoms. The van der Waals surface area contributed by atoms with Crippen LogP contribution in [0.4, 0.5) is 11.4 Å². The minimum atomic E-state index is -0.00840. The fourth-order valence-corrected chi connectivity index (χ4v) is 2.70. The van der Waals surface area contributed by atoms with Crippen molar-refractivity contribution in [1.29, 1.82) is 0 Å². The number of benzene rings is 2. The number of carbonyl (C=O) groups is 1. The van der Waals surface area contributed by atoms with Gasteiger partial charge in [0.2, 0.25) is 0 Å². The average molecular weight is 332 g/mol. The van der Waals surface area contributed by atoms with Crippen LogP contribution in [0.3, 0.4) is 0 Å². The quantitative estimate of drug-likeness (QED) is 0.805. The van der Waals surface area contributed by atoms with Crippen molar-refractivity contribution < 1.29 is 4.79 Å². The molecular weight excluding hydrogens is 310 g/mol. The maximum atomic E-state index is 12.6. The summed E-state index contributed by atoms with van der Waals surface area (Å²) in [7, 11) is 0. The molecule has 0 unspecified atom stereocenters. The molecule has 1 aliphatic heterocycles. The van der Waals surface area contributed by atoms with E-state index in [1.165, 1.54) is 0 Å². The van der Waals surface area contributed by atoms with Crippen molar-refractivity contribution >= 4 is 29.7 Å². The lowest BCUT2D eigenvalue weighted by Gasteiger charge is -2.24. The molecule has 0 aliphatic carbocycles. The largest absolute Gasteiger partial charge is 0.355 e. The van der Waals surface area contributed by atoms with Crippen LogP contribution in [0, 0.1) is 0 Å². The molecule has 2 aromatic carbocycles. The summed E-state index contributed by atoms with van der Waals surface area (Å²) in [5.74, 6) is -0.00840. The van der Waals surface area contributed by atoms with Crippen molar-refractivity contribution in [2.24, 2.45) is 0 Å². The highest BCUT2D eigenvalue weighted by Crippen LogP contribution is 2.21. The van der Waals surface area contributed by atoms with Gasteiger partial charge in [-0.05, 0) is 50.2 Å². The SMILES string of the molecule is Cl.O=C(NC1CCNCC1)c1ccccc1Nc1ccccc1. The van der Waals surface area contributed by atoms with Gasteiger partial charge in [-0.25, -0.2) is 0 Å². The third kappa shape index (κ3) is 4.71. The molecule has 3 N–H and O–H groups in total. The Morgan fingerprint density at radius 1 is 0.957 bits per heavy atom. The van der Waals surface area contributed by atoms with Crippen molar-refractivity contribution in [1.82, 2.24) is 10.6 Å². The van der Waals surface area contributed by atoms with Gasteiger partial charge in [0, 0.05) is 11.7 Å². The van der Waals surface area contributed by atoms with Crippen LogP contribution in [-0.4, -0.2) is 25.0 Å². The molecule has 0 bridgehead atoms. The van der Waals surface area contributed by atoms with E-state index in [0.717, 1.165) is 37.3 Å². The van der Waals surface area contributed by atoms with E-state index in [2.05, 4.69) is 16.0 Å². The fourth-order valence-electron chi connectivity index (χ4n) is 2.70. The van der Waals surface area contributed by atoms with E-state index < -0.39 is 0 Å². The number of amides is 1. The molecule has 5 heteroatoms. The lowest BCUT2D eigenvalue weighted by atomic mass is 10.1. The summed E-state index contributed by atoms with van der Waals surface area (Å²) in [6.07, 6.45) is 1.97. The smallest absolute Gasteiger partial charge is 0.253 e. The molecule has 1 heterocycles. The highest BCUT2D eigenvalue weighted by molar-refractivity contribution is 6.00. The molecule has 0 radical (unpaired) electrons. The summed E-state index contributed by atoms with van der Waals surface area (Å²) in [6, 6.07) is 17.8. The first-order chi connectivity index (χ1) is 10.8. The van der Waals surface area contributed by atoms with Crippen molar-refractivity contribution in [3.8, 4) is 0 Å². The van der Waals surface area contributed by atoms with Gasteiger partial charge in [0.1, 0.15) is 0 Å². The van der Waals surface area contributed by atoms with E-state index in [9.17, 15) is 4.79 Å². The number of carbonyl (C=O) groups excluding carboxylic acids is 1. The van der Waals surface area contributed by atoms with Gasteiger partial charge in [0.15, 0.2) is 0 Å². The van der Waals surface area contributed by atoms with Crippen LogP contribution in [0.2, 0.25) is 0 Å². The molecule has 3 rings (SSSR count). The van der Waals surface area contributed by atoms with Crippen LogP contribution in [-0.2, 0) is 0 Å². The van der Waals surface area contributed by atoms with Gasteiger partial charge in [-0.2, -0.15) is 0 Å². The molecule has 1 amide bonds. The van der Waals surface area contributed by atoms with E-state index in [-0.39, 0.29) is 24.4 Å². The van der Waals surface area contributed by atoms with Crippen LogP contribution in [0.1, 0.15) is 23.2 Å². The number of rotatable bonds is 4. The van der Waals surface area contributed by atoms with Gasteiger partial charge in [-0.3, -0.25) is 4.79 Å². The molecule has 0 saturated carbocycles. The second kappa shape index (κ2) is 8.56. The van der Waals surface area contributed by atoms with E-state index >= 15 is 0 Å². The van der Waals surface area contributed by atoms with Crippen molar-refractivity contribution in [2.75, 3.05) is 18.4 Å². The topological polar surface area (TPSA) is 53.2 Å². The van der Waals surface area contributed by atoms with Crippen LogP contribution in [0.5, 0.6) is 0 Å². The molecule has 0 atom stereocenters. The van der Waals surface area contributed by atoms with Gasteiger partial charge >= 0.3 is 0 Å². The molecule has 2 aromatic rings. The van der Waals surface area contributed by atoms with Gasteiger partial charge in [-0.15, -0.1) is 12.4 Å². The molecule has 1 aliphatic rings. The molecule has 0 spiro atoms. The normalized spacial score (nSPS) is 14.6. The summed E-state index contributed by atoms with van der Waals surface area (Å²) in [5, 5.41) is 9.77. The summed E-state index contributed by atoms with van der Waals surface area (Å²) in [6.45, 7) is 1.93. The van der Waals surface area contributed by atoms with Gasteiger partial charge in [0.25, 0.3) is 5.91 Å². The minimum absolute atomic E-state index is 0. The van der Waals surface area contributed by atoms with Crippen LogP contribution < -0.4 is 16.0 Å². The Kier molecular flexibility index (Phi) is 6.44. The van der Waals surface area contributed by atoms with Crippen LogP contribution >= 0.6 is 12.4 Å². The predicted octanol–water partition coefficient (Wildman–Crippen LogP) is 3.33. The number of halogens is 1. The van der Waals surface area contributed by atoms with Gasteiger partial charge < -0.3 is 16.0 Å². The lowest BCUT2D eigenvalue weighted by molar-refractivity contribution is 0.0930. The van der Waals surface area contributed by atoms with Gasteiger partial charge in [-0.1, -0.05) is 30.3 Å². The Bertz CT molecular complexity index is 627. The molecule has 1 fully saturated rings. The number of nitrogens with one attached hydrogen (secondary N) is 3. The van der Waals surface area contributed by atoms with Gasteiger partial charge in [0.05, 0.1) is 11.3 Å². The first-order valence-electron chi connectivity index (χ1n) is 7.75. The summed E-state index contributed by atoms with van der Waals surface area (Å²) in [5.41, 5.74) is 2.50. The van der Waals surface area contributed by atoms with Crippen molar-refractivity contribution in [3.05, 3.63) is 60.2 Å². The second-order valence-electron chi connectivity index (χ2n) is 5.53. The highest BCUT2D eigenvalue weighted by atomic mass is 35.5. The van der Waals surface area contributed by atoms with Crippen LogP contribution in [0.15, 0.2) is 54.6 Å². The van der Waals surface area contributed by atoms with E-state index in [4.69, 9.17) is 0 Å². The predicted molar refractivity (Wildman–Crippen MR) is 96.8 cm³/mol.